The molecule has 0 aromatic heterocycles. The molecule has 2 rings (SSSR count). The molecule has 12 nitrogen and oxygen atoms in total. The highest BCUT2D eigenvalue weighted by Crippen LogP contribution is 2.29. The fourth-order valence-corrected chi connectivity index (χ4v) is 3.29. The second kappa shape index (κ2) is 10.9. The van der Waals surface area contributed by atoms with Gasteiger partial charge in [-0.2, -0.15) is 0 Å². The third kappa shape index (κ3) is 6.28. The molecule has 2 heterocycles. The predicted octanol–water partition coefficient (Wildman–Crippen LogP) is -3.98. The van der Waals surface area contributed by atoms with Gasteiger partial charge in [-0.1, -0.05) is 0 Å². The van der Waals surface area contributed by atoms with Crippen molar-refractivity contribution in [2.24, 2.45) is 0 Å². The number of hydrogen-bond donors (Lipinski definition) is 8. The molecule has 0 aromatic rings. The summed E-state index contributed by atoms with van der Waals surface area (Å²) >= 11 is 0. The molecule has 10 atom stereocenters. The Balaban J connectivity index is 1.99. The van der Waals surface area contributed by atoms with Crippen molar-refractivity contribution in [3.05, 3.63) is 0 Å². The van der Waals surface area contributed by atoms with Gasteiger partial charge in [0.25, 0.3) is 0 Å². The van der Waals surface area contributed by atoms with Gasteiger partial charge in [-0.05, 0) is 20.8 Å². The summed E-state index contributed by atoms with van der Waals surface area (Å²) in [5.74, 6) is 0. The standard InChI is InChI=1S/C18H35NO11/c1-18(2,3)19-4-5-27-16-14(26)12(24)15(9(7-21)29-16)30-17-13(25)11(23)10(22)8(6-20)28-17/h8-17,19-26H,4-7H2,1-3H3/t8?,9?,10-,11-,12+,13?,14?,15+,16+,17-/m0/s1. The maximum absolute atomic E-state index is 10.5. The molecule has 0 aliphatic carbocycles. The third-order valence-corrected chi connectivity index (χ3v) is 5.00. The largest absolute Gasteiger partial charge is 0.394 e. The molecular weight excluding hydrogens is 406 g/mol. The van der Waals surface area contributed by atoms with Gasteiger partial charge in [0, 0.05) is 12.1 Å². The van der Waals surface area contributed by atoms with E-state index in [0.717, 1.165) is 0 Å². The monoisotopic (exact) mass is 441 g/mol. The normalized spacial score (nSPS) is 43.0. The van der Waals surface area contributed by atoms with E-state index >= 15 is 0 Å². The van der Waals surface area contributed by atoms with Crippen molar-refractivity contribution in [2.75, 3.05) is 26.4 Å². The fraction of sp³-hybridized carbons (Fsp3) is 1.00. The minimum atomic E-state index is -1.70. The molecule has 2 aliphatic rings. The Morgan fingerprint density at radius 1 is 0.767 bits per heavy atom. The van der Waals surface area contributed by atoms with Crippen molar-refractivity contribution >= 4 is 0 Å². The molecule has 2 saturated heterocycles. The quantitative estimate of drug-likeness (QED) is 0.171. The van der Waals surface area contributed by atoms with Crippen LogP contribution < -0.4 is 5.32 Å². The molecule has 2 aliphatic heterocycles. The molecule has 0 amide bonds. The maximum Gasteiger partial charge on any atom is 0.187 e. The van der Waals surface area contributed by atoms with Crippen LogP contribution in [0.25, 0.3) is 0 Å². The zero-order valence-electron chi connectivity index (χ0n) is 17.4. The highest BCUT2D eigenvalue weighted by Gasteiger charge is 2.50. The number of hydrogen-bond acceptors (Lipinski definition) is 12. The van der Waals surface area contributed by atoms with Crippen molar-refractivity contribution in [3.8, 4) is 0 Å². The van der Waals surface area contributed by atoms with Crippen LogP contribution in [0.3, 0.4) is 0 Å². The number of nitrogens with one attached hydrogen (secondary N) is 1. The van der Waals surface area contributed by atoms with E-state index in [0.29, 0.717) is 6.54 Å². The lowest BCUT2D eigenvalue weighted by Crippen LogP contribution is -2.64. The van der Waals surface area contributed by atoms with Crippen LogP contribution in [0, 0.1) is 0 Å². The number of rotatable bonds is 8. The van der Waals surface area contributed by atoms with Gasteiger partial charge in [-0.3, -0.25) is 0 Å². The first kappa shape index (κ1) is 25.8. The van der Waals surface area contributed by atoms with Crippen molar-refractivity contribution in [1.82, 2.24) is 5.32 Å². The lowest BCUT2D eigenvalue weighted by Gasteiger charge is -2.46. The molecule has 0 bridgehead atoms. The van der Waals surface area contributed by atoms with Crippen LogP contribution in [0.4, 0.5) is 0 Å². The average molecular weight is 441 g/mol. The fourth-order valence-electron chi connectivity index (χ4n) is 3.29. The summed E-state index contributed by atoms with van der Waals surface area (Å²) in [6.45, 7) is 5.30. The van der Waals surface area contributed by atoms with Crippen LogP contribution >= 0.6 is 0 Å². The van der Waals surface area contributed by atoms with Gasteiger partial charge in [-0.25, -0.2) is 0 Å². The molecule has 0 aromatic carbocycles. The molecule has 30 heavy (non-hydrogen) atoms. The molecule has 178 valence electrons. The Morgan fingerprint density at radius 3 is 1.90 bits per heavy atom. The van der Waals surface area contributed by atoms with E-state index in [-0.39, 0.29) is 12.1 Å². The lowest BCUT2D eigenvalue weighted by molar-refractivity contribution is -0.359. The minimum absolute atomic E-state index is 0.132. The second-order valence-corrected chi connectivity index (χ2v) is 8.55. The molecule has 4 unspecified atom stereocenters. The topological polar surface area (TPSA) is 191 Å². The first-order valence-electron chi connectivity index (χ1n) is 9.95. The van der Waals surface area contributed by atoms with Gasteiger partial charge in [0.1, 0.15) is 48.8 Å². The minimum Gasteiger partial charge on any atom is -0.394 e. The Labute approximate surface area is 174 Å². The van der Waals surface area contributed by atoms with Gasteiger partial charge in [-0.15, -0.1) is 0 Å². The van der Waals surface area contributed by atoms with Gasteiger partial charge in [0.05, 0.1) is 19.8 Å². The van der Waals surface area contributed by atoms with E-state index in [4.69, 9.17) is 18.9 Å². The molecule has 8 N–H and O–H groups in total. The van der Waals surface area contributed by atoms with Crippen molar-refractivity contribution in [1.29, 1.82) is 0 Å². The number of aliphatic hydroxyl groups excluding tert-OH is 7. The highest BCUT2D eigenvalue weighted by atomic mass is 16.7. The van der Waals surface area contributed by atoms with E-state index in [9.17, 15) is 35.7 Å². The van der Waals surface area contributed by atoms with Crippen molar-refractivity contribution in [2.45, 2.75) is 87.7 Å². The van der Waals surface area contributed by atoms with Gasteiger partial charge in [0.2, 0.25) is 0 Å². The average Bonchev–Trinajstić information content (AvgIpc) is 2.69. The second-order valence-electron chi connectivity index (χ2n) is 8.55. The lowest BCUT2D eigenvalue weighted by atomic mass is 9.97. The molecular formula is C18H35NO11. The summed E-state index contributed by atoms with van der Waals surface area (Å²) in [5, 5.41) is 72.8. The molecule has 0 radical (unpaired) electrons. The summed E-state index contributed by atoms with van der Waals surface area (Å²) in [7, 11) is 0. The Bertz CT molecular complexity index is 515. The molecule has 2 fully saturated rings. The van der Waals surface area contributed by atoms with E-state index in [2.05, 4.69) is 5.32 Å². The van der Waals surface area contributed by atoms with Gasteiger partial charge in [0.15, 0.2) is 12.6 Å². The molecule has 0 spiro atoms. The summed E-state index contributed by atoms with van der Waals surface area (Å²) in [6.07, 6.45) is -14.5. The van der Waals surface area contributed by atoms with Gasteiger partial charge >= 0.3 is 0 Å². The highest BCUT2D eigenvalue weighted by molar-refractivity contribution is 4.94. The van der Waals surface area contributed by atoms with Gasteiger partial charge < -0.3 is 60.0 Å². The van der Waals surface area contributed by atoms with Crippen molar-refractivity contribution < 1.29 is 54.7 Å². The summed E-state index contributed by atoms with van der Waals surface area (Å²) < 4.78 is 21.7. The number of ether oxygens (including phenoxy) is 4. The number of aliphatic hydroxyl groups is 7. The third-order valence-electron chi connectivity index (χ3n) is 5.00. The summed E-state index contributed by atoms with van der Waals surface area (Å²) in [4.78, 5) is 0. The Morgan fingerprint density at radius 2 is 1.33 bits per heavy atom. The predicted molar refractivity (Wildman–Crippen MR) is 100 cm³/mol. The van der Waals surface area contributed by atoms with Crippen LogP contribution in [0.5, 0.6) is 0 Å². The van der Waals surface area contributed by atoms with Crippen LogP contribution in [-0.2, 0) is 18.9 Å². The summed E-state index contributed by atoms with van der Waals surface area (Å²) in [5.41, 5.74) is -0.132. The molecule has 12 heteroatoms. The van der Waals surface area contributed by atoms with E-state index in [1.807, 2.05) is 20.8 Å². The van der Waals surface area contributed by atoms with Crippen molar-refractivity contribution in [3.63, 3.8) is 0 Å². The maximum atomic E-state index is 10.5. The van der Waals surface area contributed by atoms with E-state index < -0.39 is 74.6 Å². The summed E-state index contributed by atoms with van der Waals surface area (Å²) in [6, 6.07) is 0. The SMILES string of the molecule is CC(C)(C)NCCO[C@@H]1OC(CO)[C@@H](O[C@@H]2OC(CO)[C@H](O)[C@H](O)C2O)[C@H](O)C1O. The van der Waals surface area contributed by atoms with Crippen LogP contribution in [0.2, 0.25) is 0 Å². The van der Waals surface area contributed by atoms with Crippen LogP contribution in [0.15, 0.2) is 0 Å². The van der Waals surface area contributed by atoms with Crippen LogP contribution in [-0.4, -0.2) is 129 Å². The van der Waals surface area contributed by atoms with E-state index in [1.165, 1.54) is 0 Å². The zero-order chi connectivity index (χ0) is 22.6. The zero-order valence-corrected chi connectivity index (χ0v) is 17.4. The Kier molecular flexibility index (Phi) is 9.36. The smallest absolute Gasteiger partial charge is 0.187 e. The first-order valence-corrected chi connectivity index (χ1v) is 9.95. The van der Waals surface area contributed by atoms with E-state index in [1.54, 1.807) is 0 Å². The van der Waals surface area contributed by atoms with Crippen LogP contribution in [0.1, 0.15) is 20.8 Å². The molecule has 0 saturated carbocycles. The first-order chi connectivity index (χ1) is 14.0. The Hall–Kier alpha value is -0.480.